The number of carbonyl (C=O) groups is 1. The Balaban J connectivity index is 1.75. The summed E-state index contributed by atoms with van der Waals surface area (Å²) in [5.41, 5.74) is 1.89. The quantitative estimate of drug-likeness (QED) is 0.628. The van der Waals surface area contributed by atoms with Crippen molar-refractivity contribution in [3.63, 3.8) is 0 Å². The van der Waals surface area contributed by atoms with Gasteiger partial charge in [0.1, 0.15) is 5.75 Å². The van der Waals surface area contributed by atoms with E-state index < -0.39 is 15.9 Å². The Morgan fingerprint density at radius 2 is 1.90 bits per heavy atom. The zero-order valence-corrected chi connectivity index (χ0v) is 18.4. The molecule has 1 heterocycles. The van der Waals surface area contributed by atoms with E-state index in [0.717, 1.165) is 6.42 Å². The Bertz CT molecular complexity index is 977. The first-order valence-electron chi connectivity index (χ1n) is 9.43. The Labute approximate surface area is 181 Å². The molecule has 0 aromatic heterocycles. The van der Waals surface area contributed by atoms with Gasteiger partial charge in [-0.1, -0.05) is 48.3 Å². The lowest BCUT2D eigenvalue weighted by Crippen LogP contribution is -2.43. The molecular weight excluding hydrogens is 433 g/mol. The fraction of sp³-hybridized carbons (Fsp3) is 0.381. The maximum atomic E-state index is 13.0. The van der Waals surface area contributed by atoms with Crippen LogP contribution in [-0.2, 0) is 27.6 Å². The molecule has 0 saturated carbocycles. The number of halogens is 2. The first kappa shape index (κ1) is 21.9. The van der Waals surface area contributed by atoms with E-state index in [1.165, 1.54) is 5.56 Å². The zero-order chi connectivity index (χ0) is 21.0. The highest BCUT2D eigenvalue weighted by molar-refractivity contribution is 7.91. The van der Waals surface area contributed by atoms with Crippen molar-refractivity contribution in [1.82, 2.24) is 4.90 Å². The third kappa shape index (κ3) is 5.87. The van der Waals surface area contributed by atoms with Gasteiger partial charge in [0.2, 0.25) is 0 Å². The van der Waals surface area contributed by atoms with Gasteiger partial charge in [-0.05, 0) is 48.2 Å². The van der Waals surface area contributed by atoms with E-state index in [0.29, 0.717) is 27.8 Å². The van der Waals surface area contributed by atoms with Crippen molar-refractivity contribution in [3.05, 3.63) is 63.6 Å². The molecule has 0 bridgehead atoms. The molecule has 1 atom stereocenters. The van der Waals surface area contributed by atoms with E-state index in [2.05, 4.69) is 6.92 Å². The summed E-state index contributed by atoms with van der Waals surface area (Å²) in [5, 5.41) is 0.936. The van der Waals surface area contributed by atoms with Gasteiger partial charge in [-0.15, -0.1) is 0 Å². The first-order chi connectivity index (χ1) is 13.8. The molecule has 29 heavy (non-hydrogen) atoms. The van der Waals surface area contributed by atoms with Crippen LogP contribution in [0.2, 0.25) is 10.0 Å². The zero-order valence-electron chi connectivity index (χ0n) is 16.1. The summed E-state index contributed by atoms with van der Waals surface area (Å²) in [4.78, 5) is 14.5. The number of hydrogen-bond donors (Lipinski definition) is 0. The molecule has 1 aliphatic heterocycles. The summed E-state index contributed by atoms with van der Waals surface area (Å²) in [6.07, 6.45) is 1.33. The molecule has 0 spiro atoms. The van der Waals surface area contributed by atoms with E-state index in [-0.39, 0.29) is 30.6 Å². The molecule has 2 aromatic rings. The summed E-state index contributed by atoms with van der Waals surface area (Å²) in [6, 6.07) is 12.2. The van der Waals surface area contributed by atoms with E-state index in [1.54, 1.807) is 23.1 Å². The molecule has 0 radical (unpaired) electrons. The topological polar surface area (TPSA) is 63.7 Å². The molecule has 1 aliphatic rings. The van der Waals surface area contributed by atoms with E-state index in [1.807, 2.05) is 24.3 Å². The minimum absolute atomic E-state index is 0.0465. The summed E-state index contributed by atoms with van der Waals surface area (Å²) in [6.45, 7) is 2.09. The predicted octanol–water partition coefficient (Wildman–Crippen LogP) is 4.15. The second-order valence-electron chi connectivity index (χ2n) is 7.10. The van der Waals surface area contributed by atoms with Gasteiger partial charge in [-0.2, -0.15) is 0 Å². The average Bonchev–Trinajstić information content (AvgIpc) is 3.05. The lowest BCUT2D eigenvalue weighted by molar-refractivity contribution is -0.136. The second kappa shape index (κ2) is 9.37. The van der Waals surface area contributed by atoms with Crippen molar-refractivity contribution in [2.45, 2.75) is 32.4 Å². The van der Waals surface area contributed by atoms with E-state index in [4.69, 9.17) is 27.9 Å². The molecule has 1 fully saturated rings. The van der Waals surface area contributed by atoms with Crippen molar-refractivity contribution in [2.24, 2.45) is 0 Å². The van der Waals surface area contributed by atoms with Crippen molar-refractivity contribution in [1.29, 1.82) is 0 Å². The average molecular weight is 456 g/mol. The van der Waals surface area contributed by atoms with Crippen LogP contribution in [0.5, 0.6) is 5.75 Å². The van der Waals surface area contributed by atoms with Crippen LogP contribution in [0, 0.1) is 0 Å². The minimum Gasteiger partial charge on any atom is -0.484 e. The van der Waals surface area contributed by atoms with E-state index >= 15 is 0 Å². The van der Waals surface area contributed by atoms with Crippen molar-refractivity contribution in [3.8, 4) is 5.75 Å². The monoisotopic (exact) mass is 455 g/mol. The molecule has 0 aliphatic carbocycles. The fourth-order valence-corrected chi connectivity index (χ4v) is 5.52. The lowest BCUT2D eigenvalue weighted by atomic mass is 10.1. The van der Waals surface area contributed by atoms with Crippen LogP contribution in [0.25, 0.3) is 0 Å². The normalized spacial score (nSPS) is 17.8. The Morgan fingerprint density at radius 3 is 2.48 bits per heavy atom. The van der Waals surface area contributed by atoms with Crippen molar-refractivity contribution >= 4 is 38.9 Å². The van der Waals surface area contributed by atoms with Gasteiger partial charge < -0.3 is 9.64 Å². The number of nitrogens with zero attached hydrogens (tertiary/aromatic N) is 1. The number of aryl methyl sites for hydroxylation is 1. The second-order valence-corrected chi connectivity index (χ2v) is 10.2. The lowest BCUT2D eigenvalue weighted by Gasteiger charge is -2.29. The molecular formula is C21H23Cl2NO4S. The molecule has 0 N–H and O–H groups in total. The van der Waals surface area contributed by atoms with E-state index in [9.17, 15) is 13.2 Å². The predicted molar refractivity (Wildman–Crippen MR) is 115 cm³/mol. The van der Waals surface area contributed by atoms with Gasteiger partial charge in [0, 0.05) is 22.6 Å². The van der Waals surface area contributed by atoms with Gasteiger partial charge in [-0.25, -0.2) is 8.42 Å². The maximum Gasteiger partial charge on any atom is 0.261 e. The molecule has 1 saturated heterocycles. The van der Waals surface area contributed by atoms with Crippen LogP contribution < -0.4 is 4.74 Å². The van der Waals surface area contributed by atoms with Crippen LogP contribution >= 0.6 is 23.2 Å². The van der Waals surface area contributed by atoms with Crippen molar-refractivity contribution in [2.75, 3.05) is 18.1 Å². The van der Waals surface area contributed by atoms with Gasteiger partial charge in [0.05, 0.1) is 11.5 Å². The largest absolute Gasteiger partial charge is 0.484 e. The highest BCUT2D eigenvalue weighted by Crippen LogP contribution is 2.26. The minimum atomic E-state index is -3.15. The molecule has 8 heteroatoms. The number of rotatable bonds is 7. The van der Waals surface area contributed by atoms with Crippen LogP contribution in [0.4, 0.5) is 0 Å². The third-order valence-corrected chi connectivity index (χ3v) is 7.36. The summed E-state index contributed by atoms with van der Waals surface area (Å²) in [5.74, 6) is 0.348. The molecule has 0 unspecified atom stereocenters. The smallest absolute Gasteiger partial charge is 0.261 e. The van der Waals surface area contributed by atoms with Crippen LogP contribution in [-0.4, -0.2) is 43.4 Å². The van der Waals surface area contributed by atoms with Crippen molar-refractivity contribution < 1.29 is 17.9 Å². The number of ether oxygens (including phenoxy) is 1. The number of carbonyl (C=O) groups excluding carboxylic acids is 1. The van der Waals surface area contributed by atoms with Crippen LogP contribution in [0.3, 0.4) is 0 Å². The Hall–Kier alpha value is -1.76. The molecule has 1 amide bonds. The van der Waals surface area contributed by atoms with Gasteiger partial charge in [-0.3, -0.25) is 4.79 Å². The summed E-state index contributed by atoms with van der Waals surface area (Å²) in [7, 11) is -3.15. The standard InChI is InChI=1S/C21H23Cl2NO4S/c1-2-15-3-7-19(8-4-15)28-13-21(25)24(18-9-10-29(26,27)14-18)12-16-5-6-17(22)11-20(16)23/h3-8,11,18H,2,9-10,12-14H2,1H3/t18-/m0/s1. The number of hydrogen-bond acceptors (Lipinski definition) is 4. The molecule has 156 valence electrons. The fourth-order valence-electron chi connectivity index (χ4n) is 3.32. The van der Waals surface area contributed by atoms with Gasteiger partial charge in [0.25, 0.3) is 5.91 Å². The summed E-state index contributed by atoms with van der Waals surface area (Å²) < 4.78 is 29.6. The first-order valence-corrected chi connectivity index (χ1v) is 12.0. The van der Waals surface area contributed by atoms with Gasteiger partial charge in [0.15, 0.2) is 16.4 Å². The third-order valence-electron chi connectivity index (χ3n) is 5.02. The number of amides is 1. The van der Waals surface area contributed by atoms with Crippen LogP contribution in [0.15, 0.2) is 42.5 Å². The maximum absolute atomic E-state index is 13.0. The highest BCUT2D eigenvalue weighted by atomic mass is 35.5. The molecule has 5 nitrogen and oxygen atoms in total. The SMILES string of the molecule is CCc1ccc(OCC(=O)N(Cc2ccc(Cl)cc2Cl)[C@H]2CCS(=O)(=O)C2)cc1. The highest BCUT2D eigenvalue weighted by Gasteiger charge is 2.35. The Morgan fingerprint density at radius 1 is 1.17 bits per heavy atom. The Kier molecular flexibility index (Phi) is 7.09. The summed E-state index contributed by atoms with van der Waals surface area (Å²) >= 11 is 12.2. The molecule has 2 aromatic carbocycles. The van der Waals surface area contributed by atoms with Gasteiger partial charge >= 0.3 is 0 Å². The van der Waals surface area contributed by atoms with Crippen LogP contribution in [0.1, 0.15) is 24.5 Å². The number of benzene rings is 2. The number of sulfone groups is 1. The molecule has 3 rings (SSSR count).